The van der Waals surface area contributed by atoms with Crippen LogP contribution in [0.25, 0.3) is 0 Å². The second kappa shape index (κ2) is 7.57. The summed E-state index contributed by atoms with van der Waals surface area (Å²) >= 11 is 5.56. The van der Waals surface area contributed by atoms with Crippen molar-refractivity contribution in [2.24, 2.45) is 0 Å². The molecule has 0 atom stereocenters. The predicted molar refractivity (Wildman–Crippen MR) is 88.1 cm³/mol. The Bertz CT molecular complexity index is 807. The lowest BCUT2D eigenvalue weighted by molar-refractivity contribution is -0.138. The molecule has 132 valence electrons. The highest BCUT2D eigenvalue weighted by Gasteiger charge is 2.34. The van der Waals surface area contributed by atoms with Crippen LogP contribution in [0.3, 0.4) is 0 Å². The number of benzene rings is 2. The van der Waals surface area contributed by atoms with Gasteiger partial charge in [0, 0.05) is 11.6 Å². The quantitative estimate of drug-likeness (QED) is 0.804. The van der Waals surface area contributed by atoms with Crippen LogP contribution in [0.5, 0.6) is 0 Å². The third kappa shape index (κ3) is 5.22. The first kappa shape index (κ1) is 18.8. The van der Waals surface area contributed by atoms with Gasteiger partial charge in [0.05, 0.1) is 11.3 Å². The number of anilines is 1. The number of halogens is 4. The van der Waals surface area contributed by atoms with Crippen LogP contribution in [0.2, 0.25) is 5.02 Å². The molecule has 0 heterocycles. The summed E-state index contributed by atoms with van der Waals surface area (Å²) in [5.41, 5.74) is 0.0863. The van der Waals surface area contributed by atoms with Crippen molar-refractivity contribution in [1.29, 1.82) is 0 Å². The van der Waals surface area contributed by atoms with Crippen molar-refractivity contribution < 1.29 is 22.8 Å². The van der Waals surface area contributed by atoms with Crippen molar-refractivity contribution in [3.05, 3.63) is 64.2 Å². The van der Waals surface area contributed by atoms with Crippen LogP contribution in [0.15, 0.2) is 42.5 Å². The van der Waals surface area contributed by atoms with Crippen LogP contribution in [-0.2, 0) is 22.3 Å². The van der Waals surface area contributed by atoms with Crippen molar-refractivity contribution in [2.45, 2.75) is 19.6 Å². The van der Waals surface area contributed by atoms with Gasteiger partial charge in [0.25, 0.3) is 0 Å². The molecule has 0 radical (unpaired) electrons. The molecule has 0 saturated carbocycles. The molecule has 0 fully saturated rings. The van der Waals surface area contributed by atoms with Gasteiger partial charge in [-0.05, 0) is 30.7 Å². The highest BCUT2D eigenvalue weighted by Crippen LogP contribution is 2.36. The Hall–Kier alpha value is -2.54. The maximum atomic E-state index is 13.0. The second-order valence-corrected chi connectivity index (χ2v) is 5.75. The van der Waals surface area contributed by atoms with E-state index in [0.29, 0.717) is 6.07 Å². The van der Waals surface area contributed by atoms with E-state index >= 15 is 0 Å². The highest BCUT2D eigenvalue weighted by molar-refractivity contribution is 6.39. The number of aryl methyl sites for hydroxylation is 1. The molecule has 0 spiro atoms. The van der Waals surface area contributed by atoms with Crippen molar-refractivity contribution in [3.8, 4) is 0 Å². The van der Waals surface area contributed by atoms with Gasteiger partial charge in [-0.25, -0.2) is 0 Å². The third-order valence-electron chi connectivity index (χ3n) is 3.28. The fraction of sp³-hybridized carbons (Fsp3) is 0.176. The molecule has 2 N–H and O–H groups in total. The maximum Gasteiger partial charge on any atom is 0.418 e. The number of nitrogens with one attached hydrogen (secondary N) is 2. The van der Waals surface area contributed by atoms with Crippen LogP contribution < -0.4 is 10.6 Å². The topological polar surface area (TPSA) is 58.2 Å². The average Bonchev–Trinajstić information content (AvgIpc) is 2.53. The van der Waals surface area contributed by atoms with Crippen LogP contribution in [0.1, 0.15) is 16.7 Å². The molecular weight excluding hydrogens is 357 g/mol. The molecule has 2 aromatic rings. The smallest absolute Gasteiger partial charge is 0.344 e. The summed E-state index contributed by atoms with van der Waals surface area (Å²) in [7, 11) is 0. The molecule has 0 saturated heterocycles. The van der Waals surface area contributed by atoms with E-state index in [1.54, 1.807) is 12.1 Å². The van der Waals surface area contributed by atoms with Gasteiger partial charge in [-0.3, -0.25) is 9.59 Å². The van der Waals surface area contributed by atoms with Gasteiger partial charge in [0.1, 0.15) is 0 Å². The van der Waals surface area contributed by atoms with Crippen LogP contribution in [0.4, 0.5) is 18.9 Å². The Labute approximate surface area is 147 Å². The van der Waals surface area contributed by atoms with Gasteiger partial charge < -0.3 is 10.6 Å². The molecule has 0 unspecified atom stereocenters. The first-order chi connectivity index (χ1) is 11.7. The molecule has 0 aromatic heterocycles. The van der Waals surface area contributed by atoms with Gasteiger partial charge in [-0.2, -0.15) is 13.2 Å². The molecule has 0 aliphatic heterocycles. The lowest BCUT2D eigenvalue weighted by atomic mass is 10.1. The fourth-order valence-electron chi connectivity index (χ4n) is 2.12. The second-order valence-electron chi connectivity index (χ2n) is 5.31. The zero-order valence-corrected chi connectivity index (χ0v) is 13.8. The summed E-state index contributed by atoms with van der Waals surface area (Å²) in [5, 5.41) is 4.19. The largest absolute Gasteiger partial charge is 0.418 e. The summed E-state index contributed by atoms with van der Waals surface area (Å²) in [6.07, 6.45) is -4.72. The Kier molecular flexibility index (Phi) is 5.69. The molecule has 0 aliphatic rings. The molecule has 0 bridgehead atoms. The first-order valence-electron chi connectivity index (χ1n) is 7.18. The molecule has 2 rings (SSSR count). The van der Waals surface area contributed by atoms with Gasteiger partial charge in [-0.1, -0.05) is 41.4 Å². The van der Waals surface area contributed by atoms with Gasteiger partial charge >= 0.3 is 18.0 Å². The van der Waals surface area contributed by atoms with E-state index in [4.69, 9.17) is 11.6 Å². The number of amides is 2. The van der Waals surface area contributed by atoms with E-state index in [-0.39, 0.29) is 11.6 Å². The normalized spacial score (nSPS) is 11.1. The van der Waals surface area contributed by atoms with E-state index in [1.807, 2.05) is 24.4 Å². The number of hydrogen-bond acceptors (Lipinski definition) is 2. The molecular formula is C17H14ClF3N2O2. The van der Waals surface area contributed by atoms with Crippen LogP contribution in [-0.4, -0.2) is 11.8 Å². The zero-order valence-electron chi connectivity index (χ0n) is 13.1. The molecule has 4 nitrogen and oxygen atoms in total. The van der Waals surface area contributed by atoms with Crippen molar-refractivity contribution in [1.82, 2.24) is 5.32 Å². The maximum absolute atomic E-state index is 13.0. The molecule has 2 aromatic carbocycles. The number of carbonyl (C=O) groups excluding carboxylic acids is 2. The van der Waals surface area contributed by atoms with E-state index in [2.05, 4.69) is 5.32 Å². The highest BCUT2D eigenvalue weighted by atomic mass is 35.5. The van der Waals surface area contributed by atoms with Crippen molar-refractivity contribution in [3.63, 3.8) is 0 Å². The number of hydrogen-bond donors (Lipinski definition) is 2. The first-order valence-corrected chi connectivity index (χ1v) is 7.56. The van der Waals surface area contributed by atoms with Crippen molar-refractivity contribution >= 4 is 29.1 Å². The lowest BCUT2D eigenvalue weighted by Gasteiger charge is -2.14. The third-order valence-corrected chi connectivity index (χ3v) is 3.51. The van der Waals surface area contributed by atoms with E-state index in [0.717, 1.165) is 17.2 Å². The van der Waals surface area contributed by atoms with Gasteiger partial charge in [0.15, 0.2) is 0 Å². The minimum absolute atomic E-state index is 0.0840. The molecule has 25 heavy (non-hydrogen) atoms. The Morgan fingerprint density at radius 1 is 1.08 bits per heavy atom. The van der Waals surface area contributed by atoms with Crippen LogP contribution >= 0.6 is 11.6 Å². The summed E-state index contributed by atoms with van der Waals surface area (Å²) in [6, 6.07) is 10.1. The monoisotopic (exact) mass is 370 g/mol. The number of rotatable bonds is 3. The molecule has 0 aliphatic carbocycles. The molecule has 8 heteroatoms. The Morgan fingerprint density at radius 3 is 2.44 bits per heavy atom. The van der Waals surface area contributed by atoms with Crippen LogP contribution in [0, 0.1) is 6.92 Å². The van der Waals surface area contributed by atoms with Crippen molar-refractivity contribution in [2.75, 3.05) is 5.32 Å². The summed E-state index contributed by atoms with van der Waals surface area (Å²) in [5.74, 6) is -2.23. The predicted octanol–water partition coefficient (Wildman–Crippen LogP) is 3.92. The average molecular weight is 371 g/mol. The number of alkyl halides is 3. The number of carbonyl (C=O) groups is 2. The Morgan fingerprint density at radius 2 is 1.80 bits per heavy atom. The fourth-order valence-corrected chi connectivity index (χ4v) is 2.30. The summed E-state index contributed by atoms with van der Waals surface area (Å²) in [4.78, 5) is 23.6. The minimum Gasteiger partial charge on any atom is -0.344 e. The standard InChI is InChI=1S/C17H14ClF3N2O2/c1-10-3-2-4-11(7-10)9-22-15(24)16(25)23-14-6-5-12(18)8-13(14)17(19,20)21/h2-8H,9H2,1H3,(H,22,24)(H,23,25). The van der Waals surface area contributed by atoms with E-state index < -0.39 is 29.2 Å². The van der Waals surface area contributed by atoms with Gasteiger partial charge in [-0.15, -0.1) is 0 Å². The summed E-state index contributed by atoms with van der Waals surface area (Å²) in [6.45, 7) is 1.96. The SMILES string of the molecule is Cc1cccc(CNC(=O)C(=O)Nc2ccc(Cl)cc2C(F)(F)F)c1. The Balaban J connectivity index is 2.05. The lowest BCUT2D eigenvalue weighted by Crippen LogP contribution is -2.35. The molecule has 2 amide bonds. The summed E-state index contributed by atoms with van der Waals surface area (Å²) < 4.78 is 38.9. The van der Waals surface area contributed by atoms with E-state index in [1.165, 1.54) is 6.07 Å². The van der Waals surface area contributed by atoms with E-state index in [9.17, 15) is 22.8 Å². The minimum atomic E-state index is -4.72. The zero-order chi connectivity index (χ0) is 18.6. The van der Waals surface area contributed by atoms with Gasteiger partial charge in [0.2, 0.25) is 0 Å².